The van der Waals surface area contributed by atoms with Gasteiger partial charge in [0.15, 0.2) is 0 Å². The van der Waals surface area contributed by atoms with Gasteiger partial charge in [-0.05, 0) is 31.2 Å². The van der Waals surface area contributed by atoms with Crippen LogP contribution in [0.15, 0.2) is 30.3 Å². The Balaban J connectivity index is 1.72. The van der Waals surface area contributed by atoms with Crippen molar-refractivity contribution in [2.75, 3.05) is 6.54 Å². The minimum absolute atomic E-state index is 0.0499. The second kappa shape index (κ2) is 7.93. The monoisotopic (exact) mass is 316 g/mol. The van der Waals surface area contributed by atoms with Crippen molar-refractivity contribution in [2.24, 2.45) is 5.73 Å². The topological polar surface area (TPSA) is 55.6 Å². The van der Waals surface area contributed by atoms with Gasteiger partial charge in [-0.25, -0.2) is 0 Å². The normalized spacial score (nSPS) is 25.4. The third kappa shape index (κ3) is 4.12. The van der Waals surface area contributed by atoms with Gasteiger partial charge in [0.05, 0.1) is 6.10 Å². The Bertz CT molecular complexity index is 499. The van der Waals surface area contributed by atoms with Gasteiger partial charge in [0, 0.05) is 19.1 Å². The minimum Gasteiger partial charge on any atom is -0.364 e. The second-order valence-electron chi connectivity index (χ2n) is 6.80. The third-order valence-electron chi connectivity index (χ3n) is 5.14. The SMILES string of the molecule is NC[C@H]1CC[C@@H](C(=O)N(Cc2ccccc2)C2CCCCC2)O1. The first-order chi connectivity index (χ1) is 11.3. The first-order valence-corrected chi connectivity index (χ1v) is 8.98. The largest absolute Gasteiger partial charge is 0.364 e. The maximum Gasteiger partial charge on any atom is 0.252 e. The van der Waals surface area contributed by atoms with E-state index in [0.29, 0.717) is 19.1 Å². The summed E-state index contributed by atoms with van der Waals surface area (Å²) in [4.78, 5) is 15.2. The third-order valence-corrected chi connectivity index (χ3v) is 5.14. The maximum absolute atomic E-state index is 13.1. The number of hydrogen-bond acceptors (Lipinski definition) is 3. The molecule has 3 rings (SSSR count). The van der Waals surface area contributed by atoms with Crippen LogP contribution in [0.2, 0.25) is 0 Å². The van der Waals surface area contributed by atoms with Gasteiger partial charge in [0.25, 0.3) is 5.91 Å². The number of carbonyl (C=O) groups excluding carboxylic acids is 1. The molecule has 1 amide bonds. The molecule has 1 aliphatic heterocycles. The van der Waals surface area contributed by atoms with Gasteiger partial charge < -0.3 is 15.4 Å². The second-order valence-corrected chi connectivity index (χ2v) is 6.80. The van der Waals surface area contributed by atoms with E-state index in [1.54, 1.807) is 0 Å². The number of hydrogen-bond donors (Lipinski definition) is 1. The van der Waals surface area contributed by atoms with Crippen molar-refractivity contribution < 1.29 is 9.53 Å². The summed E-state index contributed by atoms with van der Waals surface area (Å²) in [5.41, 5.74) is 6.88. The summed E-state index contributed by atoms with van der Waals surface area (Å²) in [6.45, 7) is 1.20. The first-order valence-electron chi connectivity index (χ1n) is 8.98. The van der Waals surface area contributed by atoms with E-state index in [1.807, 2.05) is 18.2 Å². The van der Waals surface area contributed by atoms with Crippen LogP contribution in [0.5, 0.6) is 0 Å². The Labute approximate surface area is 139 Å². The molecule has 1 heterocycles. The zero-order valence-electron chi connectivity index (χ0n) is 13.8. The first kappa shape index (κ1) is 16.5. The minimum atomic E-state index is -0.297. The van der Waals surface area contributed by atoms with Gasteiger partial charge in [0.1, 0.15) is 6.10 Å². The summed E-state index contributed by atoms with van der Waals surface area (Å²) in [5, 5.41) is 0. The fourth-order valence-electron chi connectivity index (χ4n) is 3.81. The highest BCUT2D eigenvalue weighted by molar-refractivity contribution is 5.81. The number of rotatable bonds is 5. The molecule has 1 aromatic rings. The maximum atomic E-state index is 13.1. The molecular formula is C19H28N2O2. The Hall–Kier alpha value is -1.39. The summed E-state index contributed by atoms with van der Waals surface area (Å²) in [7, 11) is 0. The van der Waals surface area contributed by atoms with Crippen LogP contribution >= 0.6 is 0 Å². The van der Waals surface area contributed by atoms with Crippen molar-refractivity contribution in [1.29, 1.82) is 0 Å². The summed E-state index contributed by atoms with van der Waals surface area (Å²) in [6, 6.07) is 10.6. The van der Waals surface area contributed by atoms with Crippen LogP contribution in [0, 0.1) is 0 Å². The van der Waals surface area contributed by atoms with Gasteiger partial charge in [-0.1, -0.05) is 49.6 Å². The molecule has 0 bridgehead atoms. The smallest absolute Gasteiger partial charge is 0.252 e. The summed E-state index contributed by atoms with van der Waals surface area (Å²) >= 11 is 0. The molecule has 0 aromatic heterocycles. The summed E-state index contributed by atoms with van der Waals surface area (Å²) in [5.74, 6) is 0.164. The number of nitrogens with two attached hydrogens (primary N) is 1. The predicted octanol–water partition coefficient (Wildman–Crippen LogP) is 2.85. The van der Waals surface area contributed by atoms with Gasteiger partial charge in [-0.3, -0.25) is 4.79 Å². The van der Waals surface area contributed by atoms with Crippen LogP contribution in [0.3, 0.4) is 0 Å². The fourth-order valence-corrected chi connectivity index (χ4v) is 3.81. The Morgan fingerprint density at radius 3 is 2.48 bits per heavy atom. The number of nitrogens with zero attached hydrogens (tertiary/aromatic N) is 1. The highest BCUT2D eigenvalue weighted by Crippen LogP contribution is 2.28. The molecule has 126 valence electrons. The molecular weight excluding hydrogens is 288 g/mol. The molecule has 0 unspecified atom stereocenters. The van der Waals surface area contributed by atoms with Crippen LogP contribution in [-0.4, -0.2) is 35.6 Å². The molecule has 1 aromatic carbocycles. The van der Waals surface area contributed by atoms with E-state index in [-0.39, 0.29) is 18.1 Å². The van der Waals surface area contributed by atoms with Gasteiger partial charge in [-0.15, -0.1) is 0 Å². The lowest BCUT2D eigenvalue weighted by molar-refractivity contribution is -0.146. The molecule has 0 radical (unpaired) electrons. The Morgan fingerprint density at radius 2 is 1.83 bits per heavy atom. The van der Waals surface area contributed by atoms with Crippen LogP contribution in [0.4, 0.5) is 0 Å². The molecule has 0 spiro atoms. The van der Waals surface area contributed by atoms with Crippen molar-refractivity contribution in [3.63, 3.8) is 0 Å². The van der Waals surface area contributed by atoms with Crippen molar-refractivity contribution >= 4 is 5.91 Å². The summed E-state index contributed by atoms with van der Waals surface area (Å²) in [6.07, 6.45) is 7.43. The van der Waals surface area contributed by atoms with Gasteiger partial charge in [0.2, 0.25) is 0 Å². The van der Waals surface area contributed by atoms with E-state index < -0.39 is 0 Å². The summed E-state index contributed by atoms with van der Waals surface area (Å²) < 4.78 is 5.87. The molecule has 2 aliphatic rings. The van der Waals surface area contributed by atoms with Crippen LogP contribution in [-0.2, 0) is 16.1 Å². The van der Waals surface area contributed by atoms with E-state index >= 15 is 0 Å². The number of ether oxygens (including phenoxy) is 1. The number of benzene rings is 1. The molecule has 1 saturated heterocycles. The molecule has 1 saturated carbocycles. The van der Waals surface area contributed by atoms with Crippen molar-refractivity contribution in [3.05, 3.63) is 35.9 Å². The molecule has 1 aliphatic carbocycles. The van der Waals surface area contributed by atoms with Crippen LogP contribution in [0.25, 0.3) is 0 Å². The molecule has 2 fully saturated rings. The lowest BCUT2D eigenvalue weighted by Crippen LogP contribution is -2.46. The van der Waals surface area contributed by atoms with E-state index in [4.69, 9.17) is 10.5 Å². The zero-order chi connectivity index (χ0) is 16.1. The Morgan fingerprint density at radius 1 is 1.09 bits per heavy atom. The molecule has 4 heteroatoms. The highest BCUT2D eigenvalue weighted by atomic mass is 16.5. The van der Waals surface area contributed by atoms with E-state index in [2.05, 4.69) is 17.0 Å². The quantitative estimate of drug-likeness (QED) is 0.909. The van der Waals surface area contributed by atoms with Crippen molar-refractivity contribution in [3.8, 4) is 0 Å². The van der Waals surface area contributed by atoms with Crippen molar-refractivity contribution in [2.45, 2.75) is 69.7 Å². The molecule has 2 atom stereocenters. The average molecular weight is 316 g/mol. The fraction of sp³-hybridized carbons (Fsp3) is 0.632. The highest BCUT2D eigenvalue weighted by Gasteiger charge is 2.35. The van der Waals surface area contributed by atoms with E-state index in [9.17, 15) is 4.79 Å². The van der Waals surface area contributed by atoms with Crippen molar-refractivity contribution in [1.82, 2.24) is 4.90 Å². The Kier molecular flexibility index (Phi) is 5.68. The average Bonchev–Trinajstić information content (AvgIpc) is 3.10. The molecule has 4 nitrogen and oxygen atoms in total. The molecule has 23 heavy (non-hydrogen) atoms. The number of carbonyl (C=O) groups is 1. The predicted molar refractivity (Wildman–Crippen MR) is 90.8 cm³/mol. The lowest BCUT2D eigenvalue weighted by atomic mass is 9.93. The van der Waals surface area contributed by atoms with Gasteiger partial charge in [-0.2, -0.15) is 0 Å². The van der Waals surface area contributed by atoms with Crippen LogP contribution in [0.1, 0.15) is 50.5 Å². The standard InChI is InChI=1S/C19H28N2O2/c20-13-17-11-12-18(23-17)19(22)21(16-9-5-2-6-10-16)14-15-7-3-1-4-8-15/h1,3-4,7-8,16-18H,2,5-6,9-14,20H2/t17-,18+/m1/s1. The zero-order valence-corrected chi connectivity index (χ0v) is 13.8. The van der Waals surface area contributed by atoms with Crippen LogP contribution < -0.4 is 5.73 Å². The van der Waals surface area contributed by atoms with E-state index in [0.717, 1.165) is 25.7 Å². The van der Waals surface area contributed by atoms with Gasteiger partial charge >= 0.3 is 0 Å². The van der Waals surface area contributed by atoms with E-state index in [1.165, 1.54) is 24.8 Å². The molecule has 2 N–H and O–H groups in total. The lowest BCUT2D eigenvalue weighted by Gasteiger charge is -2.36. The number of amides is 1.